The van der Waals surface area contributed by atoms with Crippen molar-refractivity contribution in [2.45, 2.75) is 13.8 Å². The number of hydrogen-bond acceptors (Lipinski definition) is 2. The average Bonchev–Trinajstić information content (AvgIpc) is 1.59. The van der Waals surface area contributed by atoms with Crippen LogP contribution in [0.2, 0.25) is 0 Å². The Hall–Kier alpha value is 1.22. The number of rotatable bonds is 0. The molecule has 80 valence electrons. The molecule has 0 unspecified atom stereocenters. The van der Waals surface area contributed by atoms with Crippen molar-refractivity contribution in [2.24, 2.45) is 0 Å². The fourth-order valence-electron chi connectivity index (χ4n) is 0. The minimum atomic E-state index is -4.64. The zero-order chi connectivity index (χ0) is 11.0. The van der Waals surface area contributed by atoms with Gasteiger partial charge in [-0.15, -0.1) is 0 Å². The van der Waals surface area contributed by atoms with E-state index in [1.165, 1.54) is 0 Å². The molecule has 11 heteroatoms. The van der Waals surface area contributed by atoms with E-state index in [4.69, 9.17) is 38.5 Å². The summed E-state index contributed by atoms with van der Waals surface area (Å²) in [5, 5.41) is 0. The van der Waals surface area contributed by atoms with Crippen molar-refractivity contribution in [1.29, 1.82) is 0 Å². The molecule has 0 aromatic carbocycles. The molecule has 0 bridgehead atoms. The first-order chi connectivity index (χ1) is 5.00. The first-order valence-electron chi connectivity index (χ1n) is 2.57. The first-order valence-corrected chi connectivity index (χ1v) is 5.70. The summed E-state index contributed by atoms with van der Waals surface area (Å²) in [6, 6.07) is 0. The van der Waals surface area contributed by atoms with Crippen LogP contribution in [-0.2, 0) is 9.13 Å². The molecule has 0 aliphatic rings. The normalized spacial score (nSPS) is 9.54. The van der Waals surface area contributed by atoms with Gasteiger partial charge in [0.15, 0.2) is 0 Å². The molecule has 6 N–H and O–H groups in total. The summed E-state index contributed by atoms with van der Waals surface area (Å²) in [6.07, 6.45) is 0. The Kier molecular flexibility index (Phi) is 20.7. The molecule has 0 aliphatic carbocycles. The second-order valence-corrected chi connectivity index (χ2v) is 3.08. The molecule has 0 radical (unpaired) electrons. The predicted octanol–water partition coefficient (Wildman–Crippen LogP) is -1.48. The molecule has 0 aromatic rings. The van der Waals surface area contributed by atoms with E-state index in [0.717, 1.165) is 0 Å². The van der Waals surface area contributed by atoms with Crippen molar-refractivity contribution in [3.05, 3.63) is 0 Å². The van der Waals surface area contributed by atoms with E-state index in [1.807, 2.05) is 13.8 Å². The van der Waals surface area contributed by atoms with E-state index >= 15 is 0 Å². The van der Waals surface area contributed by atoms with Crippen molar-refractivity contribution in [1.82, 2.24) is 0 Å². The summed E-state index contributed by atoms with van der Waals surface area (Å²) in [4.78, 5) is 43.1. The molecule has 0 saturated heterocycles. The maximum atomic E-state index is 8.88. The summed E-state index contributed by atoms with van der Waals surface area (Å²) in [5.74, 6) is 0. The summed E-state index contributed by atoms with van der Waals surface area (Å²) in [5.41, 5.74) is 0. The van der Waals surface area contributed by atoms with E-state index in [2.05, 4.69) is 0 Å². The molecule has 0 spiro atoms. The van der Waals surface area contributed by atoms with Gasteiger partial charge in [0, 0.05) is 0 Å². The molecule has 8 nitrogen and oxygen atoms in total. The molecule has 0 rings (SSSR count). The van der Waals surface area contributed by atoms with Crippen LogP contribution in [0.1, 0.15) is 13.8 Å². The summed E-state index contributed by atoms with van der Waals surface area (Å²) in [6.45, 7) is 4.00. The van der Waals surface area contributed by atoms with Crippen LogP contribution >= 0.6 is 15.6 Å². The standard InChI is InChI=1S/C2H6.Na.2H3O4P.H/c1-2;;2*1-5(2,3)4;/h1-2H3;;2*(H3,1,2,3,4);. The van der Waals surface area contributed by atoms with Crippen LogP contribution in [-0.4, -0.2) is 58.9 Å². The van der Waals surface area contributed by atoms with Crippen molar-refractivity contribution >= 4 is 45.2 Å². The third-order valence-corrected chi connectivity index (χ3v) is 0. The Bertz CT molecular complexity index is 132. The molecule has 0 aromatic heterocycles. The van der Waals surface area contributed by atoms with Crippen molar-refractivity contribution < 1.29 is 38.5 Å². The van der Waals surface area contributed by atoms with Gasteiger partial charge in [-0.3, -0.25) is 0 Å². The summed E-state index contributed by atoms with van der Waals surface area (Å²) in [7, 11) is -9.28. The molecule has 0 amide bonds. The van der Waals surface area contributed by atoms with Crippen molar-refractivity contribution in [3.63, 3.8) is 0 Å². The van der Waals surface area contributed by atoms with E-state index in [1.54, 1.807) is 0 Å². The van der Waals surface area contributed by atoms with Crippen LogP contribution in [0.4, 0.5) is 0 Å². The molecule has 0 atom stereocenters. The van der Waals surface area contributed by atoms with Crippen LogP contribution < -0.4 is 0 Å². The monoisotopic (exact) mass is 250 g/mol. The minimum absolute atomic E-state index is 0. The number of phosphoric acid groups is 2. The van der Waals surface area contributed by atoms with Crippen LogP contribution in [0.3, 0.4) is 0 Å². The van der Waals surface area contributed by atoms with Gasteiger partial charge in [0.1, 0.15) is 0 Å². The molecule has 0 aliphatic heterocycles. The van der Waals surface area contributed by atoms with Crippen LogP contribution in [0.5, 0.6) is 0 Å². The molecule has 0 heterocycles. The van der Waals surface area contributed by atoms with Crippen LogP contribution in [0.15, 0.2) is 0 Å². The van der Waals surface area contributed by atoms with Crippen molar-refractivity contribution in [3.8, 4) is 0 Å². The van der Waals surface area contributed by atoms with Gasteiger partial charge in [-0.1, -0.05) is 13.8 Å². The van der Waals surface area contributed by atoms with Gasteiger partial charge in [-0.05, 0) is 0 Å². The molecule has 0 fully saturated rings. The quantitative estimate of drug-likeness (QED) is 0.224. The summed E-state index contributed by atoms with van der Waals surface area (Å²) < 4.78 is 17.8. The van der Waals surface area contributed by atoms with Gasteiger partial charge in [-0.2, -0.15) is 0 Å². The number of hydrogen-bond donors (Lipinski definition) is 6. The fourth-order valence-corrected chi connectivity index (χ4v) is 0. The average molecular weight is 250 g/mol. The van der Waals surface area contributed by atoms with Gasteiger partial charge >= 0.3 is 45.2 Å². The Labute approximate surface area is 97.4 Å². The third kappa shape index (κ3) is 1120. The molecule has 13 heavy (non-hydrogen) atoms. The second kappa shape index (κ2) is 11.3. The fraction of sp³-hybridized carbons (Fsp3) is 1.00. The summed E-state index contributed by atoms with van der Waals surface area (Å²) >= 11 is 0. The van der Waals surface area contributed by atoms with Gasteiger partial charge in [0.2, 0.25) is 0 Å². The van der Waals surface area contributed by atoms with E-state index < -0.39 is 15.6 Å². The Morgan fingerprint density at radius 2 is 0.692 bits per heavy atom. The predicted molar refractivity (Wildman–Crippen MR) is 47.0 cm³/mol. The van der Waals surface area contributed by atoms with Crippen LogP contribution in [0, 0.1) is 0 Å². The zero-order valence-corrected chi connectivity index (χ0v) is 8.18. The Morgan fingerprint density at radius 1 is 0.692 bits per heavy atom. The SMILES string of the molecule is CC.O=P(O)(O)O.O=P(O)(O)O.[NaH]. The van der Waals surface area contributed by atoms with Gasteiger partial charge < -0.3 is 29.4 Å². The van der Waals surface area contributed by atoms with Gasteiger partial charge in [0.05, 0.1) is 0 Å². The molecule has 0 saturated carbocycles. The zero-order valence-electron chi connectivity index (χ0n) is 6.39. The maximum absolute atomic E-state index is 8.88. The Balaban J connectivity index is -0.0000000491. The topological polar surface area (TPSA) is 156 Å². The van der Waals surface area contributed by atoms with Gasteiger partial charge in [-0.25, -0.2) is 9.13 Å². The second-order valence-electron chi connectivity index (χ2n) is 1.03. The third-order valence-electron chi connectivity index (χ3n) is 0. The van der Waals surface area contributed by atoms with E-state index in [9.17, 15) is 0 Å². The van der Waals surface area contributed by atoms with Gasteiger partial charge in [0.25, 0.3) is 0 Å². The van der Waals surface area contributed by atoms with E-state index in [-0.39, 0.29) is 29.6 Å². The Morgan fingerprint density at radius 3 is 0.692 bits per heavy atom. The van der Waals surface area contributed by atoms with Crippen molar-refractivity contribution in [2.75, 3.05) is 0 Å². The van der Waals surface area contributed by atoms with E-state index in [0.29, 0.717) is 0 Å². The molecular formula is C2H13NaO8P2. The molecular weight excluding hydrogens is 237 g/mol. The van der Waals surface area contributed by atoms with Crippen LogP contribution in [0.25, 0.3) is 0 Å². The first kappa shape index (κ1) is 23.8.